The molecule has 1 unspecified atom stereocenters. The second-order valence-electron chi connectivity index (χ2n) is 7.65. The van der Waals surface area contributed by atoms with Crippen molar-refractivity contribution < 1.29 is 14.3 Å². The third-order valence-electron chi connectivity index (χ3n) is 4.81. The van der Waals surface area contributed by atoms with Crippen LogP contribution in [0.1, 0.15) is 48.6 Å². The van der Waals surface area contributed by atoms with Crippen molar-refractivity contribution in [3.05, 3.63) is 93.2 Å². The number of benzene rings is 1. The van der Waals surface area contributed by atoms with Crippen molar-refractivity contribution >= 4 is 23.4 Å². The highest BCUT2D eigenvalue weighted by Gasteiger charge is 2.12. The van der Waals surface area contributed by atoms with E-state index in [9.17, 15) is 4.79 Å². The van der Waals surface area contributed by atoms with E-state index in [1.165, 1.54) is 11.3 Å². The first-order chi connectivity index (χ1) is 15.9. The third-order valence-corrected chi connectivity index (χ3v) is 5.80. The van der Waals surface area contributed by atoms with Gasteiger partial charge in [-0.3, -0.25) is 4.98 Å². The topological polar surface area (TPSA) is 87.3 Å². The van der Waals surface area contributed by atoms with Crippen molar-refractivity contribution in [2.75, 3.05) is 6.61 Å². The number of thiazole rings is 1. The molecule has 0 aliphatic carbocycles. The summed E-state index contributed by atoms with van der Waals surface area (Å²) in [6, 6.07) is 11.7. The fourth-order valence-corrected chi connectivity index (χ4v) is 3.94. The summed E-state index contributed by atoms with van der Waals surface area (Å²) in [7, 11) is 0. The second kappa shape index (κ2) is 12.1. The molecule has 1 atom stereocenters. The molecule has 0 fully saturated rings. The lowest BCUT2D eigenvalue weighted by molar-refractivity contribution is -0.138. The van der Waals surface area contributed by atoms with E-state index in [2.05, 4.69) is 9.97 Å². The first-order valence-electron chi connectivity index (χ1n) is 10.8. The van der Waals surface area contributed by atoms with Crippen molar-refractivity contribution in [1.82, 2.24) is 9.97 Å². The smallest absolute Gasteiger partial charge is 0.333 e. The van der Waals surface area contributed by atoms with Crippen LogP contribution in [0.25, 0.3) is 6.08 Å². The van der Waals surface area contributed by atoms with Gasteiger partial charge in [0.05, 0.1) is 18.3 Å². The van der Waals surface area contributed by atoms with E-state index in [1.54, 1.807) is 32.3 Å². The number of nitrogens with zero attached hydrogens (tertiary/aromatic N) is 2. The Morgan fingerprint density at radius 2 is 1.85 bits per heavy atom. The molecule has 1 aromatic carbocycles. The quantitative estimate of drug-likeness (QED) is 0.250. The van der Waals surface area contributed by atoms with Gasteiger partial charge in [-0.2, -0.15) is 0 Å². The third kappa shape index (κ3) is 7.66. The zero-order valence-corrected chi connectivity index (χ0v) is 20.0. The number of carbonyl (C=O) groups is 1. The summed E-state index contributed by atoms with van der Waals surface area (Å²) < 4.78 is 10.8. The summed E-state index contributed by atoms with van der Waals surface area (Å²) in [6.07, 6.45) is 7.93. The number of esters is 1. The molecule has 0 bridgehead atoms. The number of pyridine rings is 1. The van der Waals surface area contributed by atoms with E-state index in [0.717, 1.165) is 33.2 Å². The van der Waals surface area contributed by atoms with E-state index in [0.29, 0.717) is 25.2 Å². The maximum Gasteiger partial charge on any atom is 0.333 e. The largest absolute Gasteiger partial charge is 0.489 e. The van der Waals surface area contributed by atoms with Gasteiger partial charge in [0, 0.05) is 23.3 Å². The number of rotatable bonds is 10. The molecule has 7 heteroatoms. The highest BCUT2D eigenvalue weighted by Crippen LogP contribution is 2.23. The van der Waals surface area contributed by atoms with E-state index in [4.69, 9.17) is 15.2 Å². The van der Waals surface area contributed by atoms with Gasteiger partial charge in [-0.1, -0.05) is 12.1 Å². The minimum Gasteiger partial charge on any atom is -0.489 e. The van der Waals surface area contributed by atoms with Gasteiger partial charge in [-0.15, -0.1) is 11.3 Å². The molecule has 172 valence electrons. The highest BCUT2D eigenvalue weighted by molar-refractivity contribution is 7.09. The summed E-state index contributed by atoms with van der Waals surface area (Å²) in [5.41, 5.74) is 10.9. The van der Waals surface area contributed by atoms with Crippen molar-refractivity contribution in [3.8, 4) is 5.75 Å². The van der Waals surface area contributed by atoms with Crippen molar-refractivity contribution in [3.63, 3.8) is 0 Å². The Kier molecular flexibility index (Phi) is 8.92. The van der Waals surface area contributed by atoms with Gasteiger partial charge >= 0.3 is 5.97 Å². The summed E-state index contributed by atoms with van der Waals surface area (Å²) >= 11 is 1.54. The Bertz CT molecular complexity index is 1110. The van der Waals surface area contributed by atoms with Crippen LogP contribution in [-0.2, 0) is 22.6 Å². The Labute approximate surface area is 198 Å². The average molecular weight is 464 g/mol. The maximum atomic E-state index is 11.8. The second-order valence-corrected chi connectivity index (χ2v) is 8.54. The fraction of sp³-hybridized carbons (Fsp3) is 0.269. The maximum absolute atomic E-state index is 11.8. The van der Waals surface area contributed by atoms with Crippen LogP contribution >= 0.6 is 11.3 Å². The molecule has 3 rings (SSSR count). The lowest BCUT2D eigenvalue weighted by Crippen LogP contribution is -2.13. The molecular formula is C26H29N3O3S. The van der Waals surface area contributed by atoms with Crippen LogP contribution in [0.5, 0.6) is 5.75 Å². The molecule has 2 aromatic heterocycles. The summed E-state index contributed by atoms with van der Waals surface area (Å²) in [6.45, 7) is 6.33. The lowest BCUT2D eigenvalue weighted by atomic mass is 10.1. The Morgan fingerprint density at radius 3 is 2.55 bits per heavy atom. The minimum absolute atomic E-state index is 0.196. The molecule has 2 N–H and O–H groups in total. The van der Waals surface area contributed by atoms with Crippen molar-refractivity contribution in [1.29, 1.82) is 0 Å². The van der Waals surface area contributed by atoms with E-state index < -0.39 is 0 Å². The van der Waals surface area contributed by atoms with Crippen LogP contribution in [0.3, 0.4) is 0 Å². The van der Waals surface area contributed by atoms with E-state index in [1.807, 2.05) is 54.8 Å². The zero-order chi connectivity index (χ0) is 23.6. The molecule has 6 nitrogen and oxygen atoms in total. The molecule has 0 radical (unpaired) electrons. The standard InChI is InChI=1S/C26H29N3O3S/c1-4-31-26(30)19(3)13-18(2)14-22-17-33-25(29-22)24(27)15-20-5-7-23(8-6-20)32-16-21-9-11-28-12-10-21/h5-14,17,24H,4,15-16,27H2,1-3H3/b18-14+,19-13-. The van der Waals surface area contributed by atoms with Crippen LogP contribution in [0.2, 0.25) is 0 Å². The number of ether oxygens (including phenoxy) is 2. The van der Waals surface area contributed by atoms with Crippen LogP contribution in [0, 0.1) is 0 Å². The van der Waals surface area contributed by atoms with Crippen molar-refractivity contribution in [2.45, 2.75) is 39.8 Å². The highest BCUT2D eigenvalue weighted by atomic mass is 32.1. The lowest BCUT2D eigenvalue weighted by Gasteiger charge is -2.10. The van der Waals surface area contributed by atoms with Gasteiger partial charge in [-0.05, 0) is 80.3 Å². The molecule has 0 aliphatic heterocycles. The molecule has 0 amide bonds. The Morgan fingerprint density at radius 1 is 1.12 bits per heavy atom. The zero-order valence-electron chi connectivity index (χ0n) is 19.2. The monoisotopic (exact) mass is 463 g/mol. The number of carbonyl (C=O) groups excluding carboxylic acids is 1. The Hall–Kier alpha value is -3.29. The van der Waals surface area contributed by atoms with Gasteiger partial charge in [0.25, 0.3) is 0 Å². The van der Waals surface area contributed by atoms with Crippen LogP contribution in [0.15, 0.2) is 71.4 Å². The number of hydrogen-bond acceptors (Lipinski definition) is 7. The van der Waals surface area contributed by atoms with Gasteiger partial charge < -0.3 is 15.2 Å². The first kappa shape index (κ1) is 24.4. The van der Waals surface area contributed by atoms with E-state index in [-0.39, 0.29) is 12.0 Å². The van der Waals surface area contributed by atoms with E-state index >= 15 is 0 Å². The predicted octanol–water partition coefficient (Wildman–Crippen LogP) is 5.27. The number of nitrogens with two attached hydrogens (primary N) is 1. The number of aromatic nitrogens is 2. The first-order valence-corrected chi connectivity index (χ1v) is 11.7. The molecule has 0 aliphatic rings. The minimum atomic E-state index is -0.306. The van der Waals surface area contributed by atoms with Gasteiger partial charge in [0.15, 0.2) is 0 Å². The van der Waals surface area contributed by atoms with Crippen LogP contribution < -0.4 is 10.5 Å². The molecule has 3 aromatic rings. The fourth-order valence-electron chi connectivity index (χ4n) is 3.17. The van der Waals surface area contributed by atoms with Gasteiger partial charge in [0.1, 0.15) is 17.4 Å². The number of hydrogen-bond donors (Lipinski definition) is 1. The molecule has 0 spiro atoms. The summed E-state index contributed by atoms with van der Waals surface area (Å²) in [5.74, 6) is 0.507. The average Bonchev–Trinajstić information content (AvgIpc) is 3.28. The summed E-state index contributed by atoms with van der Waals surface area (Å²) in [5, 5.41) is 2.85. The molecule has 2 heterocycles. The number of allylic oxidation sites excluding steroid dienone is 2. The van der Waals surface area contributed by atoms with Crippen molar-refractivity contribution in [2.24, 2.45) is 5.73 Å². The van der Waals surface area contributed by atoms with Gasteiger partial charge in [-0.25, -0.2) is 9.78 Å². The van der Waals surface area contributed by atoms with Gasteiger partial charge in [0.2, 0.25) is 0 Å². The SMILES string of the molecule is CCOC(=O)/C(C)=C\C(C)=C\c1csc(C(N)Cc2ccc(OCc3ccncc3)cc2)n1. The molecular weight excluding hydrogens is 434 g/mol. The van der Waals surface area contributed by atoms with Crippen LogP contribution in [0.4, 0.5) is 0 Å². The predicted molar refractivity (Wildman–Crippen MR) is 132 cm³/mol. The molecule has 0 saturated carbocycles. The normalized spacial score (nSPS) is 13.0. The summed E-state index contributed by atoms with van der Waals surface area (Å²) in [4.78, 5) is 20.4. The molecule has 33 heavy (non-hydrogen) atoms. The van der Waals surface area contributed by atoms with Crippen LogP contribution in [-0.4, -0.2) is 22.5 Å². The Balaban J connectivity index is 1.56. The molecule has 0 saturated heterocycles.